The van der Waals surface area contributed by atoms with Crippen LogP contribution in [0.1, 0.15) is 207 Å². The highest BCUT2D eigenvalue weighted by molar-refractivity contribution is 5.80. The van der Waals surface area contributed by atoms with Gasteiger partial charge in [-0.15, -0.1) is 0 Å². The average molecular weight is 1100 g/mol. The number of rotatable bonds is 49. The SMILES string of the molecule is CC/C=C\C/C=C\C/C=C\C/C=C\C/C=C\C/C=C\CCC(=O)OC1C(OCC(NC(=O)C(O)CCCCCC/C=C\C/C=C\C/C=C\C/C=C\C/C=C\CC)C(O)/C=C/CCCCCCCCCCC)OC(CO)C(O)C1O. The van der Waals surface area contributed by atoms with Crippen LogP contribution in [0, 0.1) is 0 Å². The molecule has 79 heavy (non-hydrogen) atoms. The average Bonchev–Trinajstić information content (AvgIpc) is 3.47. The minimum absolute atomic E-state index is 0.0129. The third-order valence-electron chi connectivity index (χ3n) is 13.2. The summed E-state index contributed by atoms with van der Waals surface area (Å²) in [6, 6.07) is -1.06. The molecule has 0 radical (unpaired) electrons. The number of ether oxygens (including phenoxy) is 3. The highest BCUT2D eigenvalue weighted by Gasteiger charge is 2.47. The predicted molar refractivity (Wildman–Crippen MR) is 328 cm³/mol. The standard InChI is InChI=1S/C68H109NO10/c1-4-7-10-13-16-19-22-24-26-28-30-32-33-35-37-40-43-46-49-52-55-61(72)67(76)69-59(60(71)54-51-48-45-42-39-21-18-15-12-9-6-3)58-77-68-66(65(75)64(74)62(57-70)78-68)79-63(73)56-53-50-47-44-41-38-36-34-31-29-27-25-23-20-17-14-11-8-5-2/h7-8,10-11,16-17,19-20,24-27,30-32,34-35,37-38,41,47,50-51,54,59-62,64-66,68,70-72,74-75H,4-6,9,12-15,18,21-23,28-29,33,36,39-40,42-46,48-49,52-53,55-58H2,1-3H3,(H,69,76)/b10-7-,11-8-,19-16-,20-17-,26-24-,27-25-,32-30-,34-31-,37-35-,41-38-,50-47-,54-51+. The first-order valence-electron chi connectivity index (χ1n) is 30.6. The van der Waals surface area contributed by atoms with Crippen LogP contribution in [0.4, 0.5) is 0 Å². The first-order chi connectivity index (χ1) is 38.7. The van der Waals surface area contributed by atoms with Crippen LogP contribution in [0.25, 0.3) is 0 Å². The molecule has 11 heteroatoms. The van der Waals surface area contributed by atoms with E-state index in [0.717, 1.165) is 116 Å². The maximum Gasteiger partial charge on any atom is 0.306 e. The van der Waals surface area contributed by atoms with E-state index in [1.54, 1.807) is 6.08 Å². The Morgan fingerprint density at radius 2 is 0.911 bits per heavy atom. The molecule has 446 valence electrons. The molecule has 0 bridgehead atoms. The summed E-state index contributed by atoms with van der Waals surface area (Å²) in [5.74, 6) is -1.32. The molecule has 0 spiro atoms. The van der Waals surface area contributed by atoms with E-state index in [1.807, 2.05) is 18.2 Å². The summed E-state index contributed by atoms with van der Waals surface area (Å²) in [5.41, 5.74) is 0. The summed E-state index contributed by atoms with van der Waals surface area (Å²) in [4.78, 5) is 26.5. The zero-order valence-electron chi connectivity index (χ0n) is 49.2. The lowest BCUT2D eigenvalue weighted by molar-refractivity contribution is -0.305. The topological polar surface area (TPSA) is 175 Å². The van der Waals surface area contributed by atoms with Crippen LogP contribution in [-0.2, 0) is 23.8 Å². The summed E-state index contributed by atoms with van der Waals surface area (Å²) in [7, 11) is 0. The molecular weight excluding hydrogens is 991 g/mol. The quantitative estimate of drug-likeness (QED) is 0.0195. The Hall–Kier alpha value is -4.46. The van der Waals surface area contributed by atoms with Crippen molar-refractivity contribution in [2.45, 2.75) is 256 Å². The Morgan fingerprint density at radius 1 is 0.506 bits per heavy atom. The summed E-state index contributed by atoms with van der Waals surface area (Å²) in [6.45, 7) is 5.48. The first-order valence-corrected chi connectivity index (χ1v) is 30.6. The minimum atomic E-state index is -1.66. The number of allylic oxidation sites excluding steroid dienone is 23. The van der Waals surface area contributed by atoms with Gasteiger partial charge in [-0.1, -0.05) is 237 Å². The number of nitrogens with one attached hydrogen (secondary N) is 1. The number of unbranched alkanes of at least 4 members (excludes halogenated alkanes) is 13. The van der Waals surface area contributed by atoms with E-state index in [2.05, 4.69) is 148 Å². The van der Waals surface area contributed by atoms with Crippen LogP contribution in [-0.4, -0.2) is 99.6 Å². The smallest absolute Gasteiger partial charge is 0.306 e. The van der Waals surface area contributed by atoms with E-state index >= 15 is 0 Å². The molecule has 8 atom stereocenters. The van der Waals surface area contributed by atoms with Gasteiger partial charge in [-0.05, 0) is 109 Å². The lowest BCUT2D eigenvalue weighted by atomic mass is 9.99. The Kier molecular flexibility index (Phi) is 49.7. The van der Waals surface area contributed by atoms with E-state index in [-0.39, 0.29) is 19.4 Å². The second-order valence-electron chi connectivity index (χ2n) is 20.3. The van der Waals surface area contributed by atoms with Crippen molar-refractivity contribution in [3.8, 4) is 0 Å². The summed E-state index contributed by atoms with van der Waals surface area (Å²) < 4.78 is 17.5. The van der Waals surface area contributed by atoms with Gasteiger partial charge in [-0.25, -0.2) is 0 Å². The lowest BCUT2D eigenvalue weighted by Gasteiger charge is -2.41. The van der Waals surface area contributed by atoms with Crippen molar-refractivity contribution in [1.29, 1.82) is 0 Å². The first kappa shape index (κ1) is 72.6. The molecule has 1 saturated heterocycles. The minimum Gasteiger partial charge on any atom is -0.454 e. The molecule has 0 aliphatic carbocycles. The Labute approximate surface area is 479 Å². The normalized spacial score (nSPS) is 19.9. The number of hydrogen-bond donors (Lipinski definition) is 6. The van der Waals surface area contributed by atoms with Gasteiger partial charge < -0.3 is 45.1 Å². The monoisotopic (exact) mass is 1100 g/mol. The highest BCUT2D eigenvalue weighted by Crippen LogP contribution is 2.26. The largest absolute Gasteiger partial charge is 0.454 e. The number of aliphatic hydroxyl groups is 5. The van der Waals surface area contributed by atoms with Gasteiger partial charge in [-0.3, -0.25) is 9.59 Å². The highest BCUT2D eigenvalue weighted by atomic mass is 16.7. The van der Waals surface area contributed by atoms with Gasteiger partial charge in [0.05, 0.1) is 25.4 Å². The van der Waals surface area contributed by atoms with Crippen molar-refractivity contribution in [2.75, 3.05) is 13.2 Å². The zero-order valence-corrected chi connectivity index (χ0v) is 49.2. The van der Waals surface area contributed by atoms with E-state index in [4.69, 9.17) is 14.2 Å². The molecule has 1 fully saturated rings. The maximum atomic E-state index is 13.4. The number of aliphatic hydroxyl groups excluding tert-OH is 5. The molecule has 1 amide bonds. The second-order valence-corrected chi connectivity index (χ2v) is 20.3. The summed E-state index contributed by atoms with van der Waals surface area (Å²) in [5, 5.41) is 56.9. The van der Waals surface area contributed by atoms with Gasteiger partial charge in [0.25, 0.3) is 0 Å². The van der Waals surface area contributed by atoms with Crippen molar-refractivity contribution in [2.24, 2.45) is 0 Å². The second kappa shape index (κ2) is 54.1. The molecule has 0 aromatic heterocycles. The third-order valence-corrected chi connectivity index (χ3v) is 13.2. The summed E-state index contributed by atoms with van der Waals surface area (Å²) >= 11 is 0. The fourth-order valence-electron chi connectivity index (χ4n) is 8.47. The Bertz CT molecular complexity index is 1840. The van der Waals surface area contributed by atoms with Crippen LogP contribution in [0.2, 0.25) is 0 Å². The molecule has 1 heterocycles. The number of amides is 1. The van der Waals surface area contributed by atoms with Crippen LogP contribution in [0.5, 0.6) is 0 Å². The van der Waals surface area contributed by atoms with Gasteiger partial charge in [0, 0.05) is 6.42 Å². The predicted octanol–water partition coefficient (Wildman–Crippen LogP) is 14.6. The fourth-order valence-corrected chi connectivity index (χ4v) is 8.47. The van der Waals surface area contributed by atoms with Crippen molar-refractivity contribution < 1.29 is 49.3 Å². The molecule has 0 aromatic rings. The van der Waals surface area contributed by atoms with Gasteiger partial charge in [-0.2, -0.15) is 0 Å². The molecule has 8 unspecified atom stereocenters. The van der Waals surface area contributed by atoms with Gasteiger partial charge in [0.1, 0.15) is 24.4 Å². The number of hydrogen-bond acceptors (Lipinski definition) is 10. The van der Waals surface area contributed by atoms with Gasteiger partial charge in [0.2, 0.25) is 5.91 Å². The van der Waals surface area contributed by atoms with Crippen molar-refractivity contribution in [1.82, 2.24) is 5.32 Å². The van der Waals surface area contributed by atoms with Crippen molar-refractivity contribution >= 4 is 11.9 Å². The fraction of sp³-hybridized carbons (Fsp3) is 0.618. The lowest BCUT2D eigenvalue weighted by Crippen LogP contribution is -2.61. The zero-order chi connectivity index (χ0) is 57.5. The van der Waals surface area contributed by atoms with Crippen LogP contribution in [0.15, 0.2) is 146 Å². The van der Waals surface area contributed by atoms with E-state index in [9.17, 15) is 35.1 Å². The van der Waals surface area contributed by atoms with Crippen LogP contribution < -0.4 is 5.32 Å². The van der Waals surface area contributed by atoms with Crippen LogP contribution >= 0.6 is 0 Å². The number of carbonyl (C=O) groups is 2. The van der Waals surface area contributed by atoms with E-state index < -0.39 is 67.4 Å². The molecular formula is C68H109NO10. The van der Waals surface area contributed by atoms with E-state index in [1.165, 1.54) is 38.5 Å². The Balaban J connectivity index is 2.74. The molecule has 1 aliphatic rings. The number of esters is 1. The van der Waals surface area contributed by atoms with Gasteiger partial charge >= 0.3 is 5.97 Å². The molecule has 1 rings (SSSR count). The molecule has 11 nitrogen and oxygen atoms in total. The van der Waals surface area contributed by atoms with E-state index in [0.29, 0.717) is 19.3 Å². The molecule has 0 aromatic carbocycles. The third kappa shape index (κ3) is 42.1. The number of carbonyl (C=O) groups excluding carboxylic acids is 2. The molecule has 0 saturated carbocycles. The van der Waals surface area contributed by atoms with Crippen molar-refractivity contribution in [3.63, 3.8) is 0 Å². The Morgan fingerprint density at radius 3 is 1.37 bits per heavy atom. The van der Waals surface area contributed by atoms with Crippen molar-refractivity contribution in [3.05, 3.63) is 146 Å². The maximum absolute atomic E-state index is 13.4. The summed E-state index contributed by atoms with van der Waals surface area (Å²) in [6.07, 6.45) is 67.5. The van der Waals surface area contributed by atoms with Crippen LogP contribution in [0.3, 0.4) is 0 Å². The molecule has 6 N–H and O–H groups in total. The molecule has 1 aliphatic heterocycles. The van der Waals surface area contributed by atoms with Gasteiger partial charge in [0.15, 0.2) is 12.4 Å².